The molecule has 0 bridgehead atoms. The van der Waals surface area contributed by atoms with Crippen molar-refractivity contribution in [3.05, 3.63) is 36.0 Å². The second-order valence-corrected chi connectivity index (χ2v) is 6.76. The number of para-hydroxylation sites is 1. The van der Waals surface area contributed by atoms with E-state index in [0.717, 1.165) is 36.6 Å². The first-order valence-electron chi connectivity index (χ1n) is 8.63. The average Bonchev–Trinajstić information content (AvgIpc) is 2.89. The van der Waals surface area contributed by atoms with Crippen molar-refractivity contribution in [1.82, 2.24) is 15.6 Å². The molecule has 0 aliphatic heterocycles. The number of aromatic amines is 1. The number of benzene rings is 1. The van der Waals surface area contributed by atoms with Gasteiger partial charge in [0, 0.05) is 35.1 Å². The molecule has 5 heteroatoms. The van der Waals surface area contributed by atoms with Crippen molar-refractivity contribution in [1.29, 1.82) is 0 Å². The maximum absolute atomic E-state index is 12.7. The zero-order valence-electron chi connectivity index (χ0n) is 14.3. The van der Waals surface area contributed by atoms with Crippen molar-refractivity contribution in [3.8, 4) is 0 Å². The summed E-state index contributed by atoms with van der Waals surface area (Å²) in [6.07, 6.45) is 5.16. The maximum atomic E-state index is 12.7. The fourth-order valence-corrected chi connectivity index (χ4v) is 3.68. The van der Waals surface area contributed by atoms with Gasteiger partial charge in [-0.3, -0.25) is 9.59 Å². The van der Waals surface area contributed by atoms with Gasteiger partial charge in [0.25, 0.3) is 5.91 Å². The molecule has 2 aromatic rings. The molecule has 1 aromatic heterocycles. The summed E-state index contributed by atoms with van der Waals surface area (Å²) in [5.41, 5.74) is 1.65. The van der Waals surface area contributed by atoms with Gasteiger partial charge >= 0.3 is 0 Å². The van der Waals surface area contributed by atoms with Crippen LogP contribution in [-0.4, -0.2) is 35.8 Å². The predicted molar refractivity (Wildman–Crippen MR) is 95.0 cm³/mol. The highest BCUT2D eigenvalue weighted by atomic mass is 16.1. The number of hydrogen-bond acceptors (Lipinski definition) is 3. The van der Waals surface area contributed by atoms with Gasteiger partial charge in [0.05, 0.1) is 5.56 Å². The third-order valence-electron chi connectivity index (χ3n) is 5.15. The first-order chi connectivity index (χ1) is 11.6. The van der Waals surface area contributed by atoms with E-state index in [2.05, 4.69) is 15.6 Å². The van der Waals surface area contributed by atoms with Gasteiger partial charge < -0.3 is 15.6 Å². The number of amides is 1. The van der Waals surface area contributed by atoms with E-state index in [1.54, 1.807) is 13.1 Å². The molecular weight excluding hydrogens is 302 g/mol. The lowest BCUT2D eigenvalue weighted by Crippen LogP contribution is -2.39. The van der Waals surface area contributed by atoms with Gasteiger partial charge in [-0.25, -0.2) is 0 Å². The standard InChI is InChI=1S/C19H25N3O2/c1-12(23)13-7-8-14(10-15(9-13)20-2)22-19(24)17-11-21-18-6-4-3-5-16(17)18/h3-6,11,13-15,20-21H,7-10H2,1-2H3,(H,22,24). The molecule has 5 nitrogen and oxygen atoms in total. The molecular formula is C19H25N3O2. The Morgan fingerprint density at radius 3 is 2.67 bits per heavy atom. The molecule has 1 aliphatic carbocycles. The number of carbonyl (C=O) groups excluding carboxylic acids is 2. The van der Waals surface area contributed by atoms with E-state index in [1.165, 1.54) is 0 Å². The second-order valence-electron chi connectivity index (χ2n) is 6.76. The van der Waals surface area contributed by atoms with Gasteiger partial charge in [-0.05, 0) is 45.7 Å². The van der Waals surface area contributed by atoms with Crippen molar-refractivity contribution in [3.63, 3.8) is 0 Å². The summed E-state index contributed by atoms with van der Waals surface area (Å²) in [7, 11) is 1.92. The summed E-state index contributed by atoms with van der Waals surface area (Å²) in [5, 5.41) is 7.39. The van der Waals surface area contributed by atoms with Crippen LogP contribution in [0.1, 0.15) is 43.0 Å². The van der Waals surface area contributed by atoms with Crippen molar-refractivity contribution in [2.75, 3.05) is 7.05 Å². The first-order valence-corrected chi connectivity index (χ1v) is 8.63. The Labute approximate surface area is 142 Å². The van der Waals surface area contributed by atoms with Crippen LogP contribution >= 0.6 is 0 Å². The minimum Gasteiger partial charge on any atom is -0.360 e. The Hall–Kier alpha value is -2.14. The van der Waals surface area contributed by atoms with E-state index in [-0.39, 0.29) is 29.7 Å². The number of H-pyrrole nitrogens is 1. The van der Waals surface area contributed by atoms with E-state index in [1.807, 2.05) is 31.3 Å². The minimum absolute atomic E-state index is 0.0476. The van der Waals surface area contributed by atoms with Gasteiger partial charge in [0.1, 0.15) is 5.78 Å². The maximum Gasteiger partial charge on any atom is 0.253 e. The van der Waals surface area contributed by atoms with Crippen molar-refractivity contribution < 1.29 is 9.59 Å². The number of nitrogens with one attached hydrogen (secondary N) is 3. The van der Waals surface area contributed by atoms with Gasteiger partial charge in [0.15, 0.2) is 0 Å². The fourth-order valence-electron chi connectivity index (χ4n) is 3.68. The Kier molecular flexibility index (Phi) is 5.00. The van der Waals surface area contributed by atoms with Crippen LogP contribution in [-0.2, 0) is 4.79 Å². The van der Waals surface area contributed by atoms with Crippen LogP contribution < -0.4 is 10.6 Å². The van der Waals surface area contributed by atoms with E-state index < -0.39 is 0 Å². The molecule has 0 spiro atoms. The van der Waals surface area contributed by atoms with Gasteiger partial charge in [-0.1, -0.05) is 18.2 Å². The highest BCUT2D eigenvalue weighted by Crippen LogP contribution is 2.25. The lowest BCUT2D eigenvalue weighted by Gasteiger charge is -2.21. The van der Waals surface area contributed by atoms with Crippen molar-refractivity contribution in [2.24, 2.45) is 5.92 Å². The van der Waals surface area contributed by atoms with Crippen LogP contribution in [0.4, 0.5) is 0 Å². The molecule has 3 unspecified atom stereocenters. The largest absolute Gasteiger partial charge is 0.360 e. The number of ketones is 1. The normalized spacial score (nSPS) is 24.5. The molecule has 3 atom stereocenters. The number of Topliss-reactive ketones (excluding diaryl/α,β-unsaturated/α-hetero) is 1. The highest BCUT2D eigenvalue weighted by molar-refractivity contribution is 6.06. The number of fused-ring (bicyclic) bond motifs is 1. The number of carbonyl (C=O) groups is 2. The van der Waals surface area contributed by atoms with Crippen LogP contribution in [0, 0.1) is 5.92 Å². The molecule has 3 N–H and O–H groups in total. The van der Waals surface area contributed by atoms with Crippen LogP contribution in [0.3, 0.4) is 0 Å². The van der Waals surface area contributed by atoms with E-state index >= 15 is 0 Å². The Bertz CT molecular complexity index is 737. The monoisotopic (exact) mass is 327 g/mol. The lowest BCUT2D eigenvalue weighted by atomic mass is 9.94. The molecule has 1 aromatic carbocycles. The lowest BCUT2D eigenvalue weighted by molar-refractivity contribution is -0.121. The van der Waals surface area contributed by atoms with Crippen LogP contribution in [0.15, 0.2) is 30.5 Å². The topological polar surface area (TPSA) is 74.0 Å². The number of hydrogen-bond donors (Lipinski definition) is 3. The number of rotatable bonds is 4. The Morgan fingerprint density at radius 1 is 1.12 bits per heavy atom. The third kappa shape index (κ3) is 3.51. The van der Waals surface area contributed by atoms with Gasteiger partial charge in [-0.15, -0.1) is 0 Å². The number of aromatic nitrogens is 1. The average molecular weight is 327 g/mol. The molecule has 1 aliphatic rings. The van der Waals surface area contributed by atoms with E-state index in [9.17, 15) is 9.59 Å². The first kappa shape index (κ1) is 16.7. The van der Waals surface area contributed by atoms with Gasteiger partial charge in [0.2, 0.25) is 0 Å². The zero-order chi connectivity index (χ0) is 17.1. The molecule has 1 heterocycles. The second kappa shape index (κ2) is 7.18. The molecule has 1 amide bonds. The molecule has 0 saturated heterocycles. The molecule has 1 fully saturated rings. The predicted octanol–water partition coefficient (Wildman–Crippen LogP) is 2.63. The quantitative estimate of drug-likeness (QED) is 0.756. The summed E-state index contributed by atoms with van der Waals surface area (Å²) in [5.74, 6) is 0.296. The third-order valence-corrected chi connectivity index (χ3v) is 5.15. The SMILES string of the molecule is CNC1CC(NC(=O)c2c[nH]c3ccccc23)CCC(C(C)=O)C1. The van der Waals surface area contributed by atoms with Gasteiger partial charge in [-0.2, -0.15) is 0 Å². The smallest absolute Gasteiger partial charge is 0.253 e. The highest BCUT2D eigenvalue weighted by Gasteiger charge is 2.28. The van der Waals surface area contributed by atoms with E-state index in [4.69, 9.17) is 0 Å². The summed E-state index contributed by atoms with van der Waals surface area (Å²) >= 11 is 0. The van der Waals surface area contributed by atoms with Crippen LogP contribution in [0.5, 0.6) is 0 Å². The molecule has 24 heavy (non-hydrogen) atoms. The molecule has 1 saturated carbocycles. The summed E-state index contributed by atoms with van der Waals surface area (Å²) in [4.78, 5) is 27.6. The fraction of sp³-hybridized carbons (Fsp3) is 0.474. The molecule has 128 valence electrons. The van der Waals surface area contributed by atoms with Crippen molar-refractivity contribution >= 4 is 22.6 Å². The summed E-state index contributed by atoms with van der Waals surface area (Å²) in [6.45, 7) is 1.67. The molecule has 0 radical (unpaired) electrons. The van der Waals surface area contributed by atoms with Crippen LogP contribution in [0.2, 0.25) is 0 Å². The Balaban J connectivity index is 1.72. The summed E-state index contributed by atoms with van der Waals surface area (Å²) < 4.78 is 0. The Morgan fingerprint density at radius 2 is 1.92 bits per heavy atom. The van der Waals surface area contributed by atoms with Crippen molar-refractivity contribution in [2.45, 2.75) is 44.7 Å². The minimum atomic E-state index is -0.0476. The summed E-state index contributed by atoms with van der Waals surface area (Å²) in [6, 6.07) is 8.16. The zero-order valence-corrected chi connectivity index (χ0v) is 14.3. The molecule has 3 rings (SSSR count). The van der Waals surface area contributed by atoms with E-state index in [0.29, 0.717) is 5.56 Å². The van der Waals surface area contributed by atoms with Crippen LogP contribution in [0.25, 0.3) is 10.9 Å².